The molecule has 0 radical (unpaired) electrons. The molecule has 1 N–H and O–H groups in total. The summed E-state index contributed by atoms with van der Waals surface area (Å²) in [7, 11) is 3.76. The monoisotopic (exact) mass is 389 g/mol. The van der Waals surface area contributed by atoms with E-state index >= 15 is 0 Å². The van der Waals surface area contributed by atoms with Crippen LogP contribution in [0, 0.1) is 13.8 Å². The minimum atomic E-state index is -0.142. The van der Waals surface area contributed by atoms with Gasteiger partial charge in [0.2, 0.25) is 5.91 Å². The van der Waals surface area contributed by atoms with Crippen LogP contribution >= 0.6 is 0 Å². The van der Waals surface area contributed by atoms with Crippen molar-refractivity contribution >= 4 is 11.6 Å². The van der Waals surface area contributed by atoms with E-state index in [0.29, 0.717) is 0 Å². The number of hydrogen-bond donors (Lipinski definition) is 1. The van der Waals surface area contributed by atoms with E-state index in [0.717, 1.165) is 39.6 Å². The first kappa shape index (κ1) is 18.7. The second kappa shape index (κ2) is 7.38. The average Bonchev–Trinajstić information content (AvgIpc) is 3.32. The molecular formula is C21H23N7O. The maximum absolute atomic E-state index is 12.7. The fourth-order valence-electron chi connectivity index (χ4n) is 3.45. The Morgan fingerprint density at radius 2 is 1.55 bits per heavy atom. The van der Waals surface area contributed by atoms with E-state index in [-0.39, 0.29) is 12.5 Å². The summed E-state index contributed by atoms with van der Waals surface area (Å²) in [5.41, 5.74) is 6.04. The molecule has 0 aliphatic heterocycles. The van der Waals surface area contributed by atoms with Crippen LogP contribution in [0.5, 0.6) is 0 Å². The molecule has 0 aliphatic carbocycles. The van der Waals surface area contributed by atoms with Crippen LogP contribution in [-0.4, -0.2) is 35.2 Å². The van der Waals surface area contributed by atoms with Crippen molar-refractivity contribution < 1.29 is 4.79 Å². The molecule has 1 aromatic carbocycles. The van der Waals surface area contributed by atoms with Gasteiger partial charge in [0.25, 0.3) is 0 Å². The quantitative estimate of drug-likeness (QED) is 0.569. The molecule has 0 atom stereocenters. The fourth-order valence-corrected chi connectivity index (χ4v) is 3.45. The molecule has 148 valence electrons. The van der Waals surface area contributed by atoms with Crippen LogP contribution in [0.4, 0.5) is 5.69 Å². The molecule has 0 saturated heterocycles. The predicted molar refractivity (Wildman–Crippen MR) is 111 cm³/mol. The first-order valence-corrected chi connectivity index (χ1v) is 9.34. The standard InChI is InChI=1S/C21H23N7O/c1-14-17(11-26(3)23-14)19-10-20(18-12-27(4)24-15(18)2)28(25-19)13-21(29)22-16-8-6-5-7-9-16/h5-12H,13H2,1-4H3,(H,22,29). The molecule has 29 heavy (non-hydrogen) atoms. The third-order valence-corrected chi connectivity index (χ3v) is 4.71. The van der Waals surface area contributed by atoms with E-state index in [4.69, 9.17) is 5.10 Å². The Kier molecular flexibility index (Phi) is 4.75. The SMILES string of the molecule is Cc1nn(C)cc1-c1cc(-c2cn(C)nc2C)n(CC(=O)Nc2ccccc2)n1. The molecule has 0 fully saturated rings. The van der Waals surface area contributed by atoms with E-state index in [1.807, 2.05) is 76.7 Å². The van der Waals surface area contributed by atoms with Crippen molar-refractivity contribution in [3.63, 3.8) is 0 Å². The Balaban J connectivity index is 1.72. The van der Waals surface area contributed by atoms with E-state index in [2.05, 4.69) is 15.5 Å². The number of aromatic nitrogens is 6. The Labute approximate surface area is 168 Å². The third kappa shape index (κ3) is 3.82. The van der Waals surface area contributed by atoms with Crippen molar-refractivity contribution in [3.05, 3.63) is 60.2 Å². The van der Waals surface area contributed by atoms with E-state index in [9.17, 15) is 4.79 Å². The lowest BCUT2D eigenvalue weighted by Crippen LogP contribution is -2.20. The van der Waals surface area contributed by atoms with Gasteiger partial charge in [0.15, 0.2) is 0 Å². The highest BCUT2D eigenvalue weighted by atomic mass is 16.2. The highest BCUT2D eigenvalue weighted by molar-refractivity contribution is 5.91. The van der Waals surface area contributed by atoms with E-state index in [1.54, 1.807) is 14.0 Å². The van der Waals surface area contributed by atoms with Gasteiger partial charge in [0.05, 0.1) is 22.8 Å². The van der Waals surface area contributed by atoms with Crippen LogP contribution in [0.1, 0.15) is 11.4 Å². The topological polar surface area (TPSA) is 82.6 Å². The first-order valence-electron chi connectivity index (χ1n) is 9.34. The fraction of sp³-hybridized carbons (Fsp3) is 0.238. The summed E-state index contributed by atoms with van der Waals surface area (Å²) in [6.07, 6.45) is 3.88. The molecule has 3 heterocycles. The number of nitrogens with one attached hydrogen (secondary N) is 1. The molecular weight excluding hydrogens is 366 g/mol. The number of anilines is 1. The molecule has 8 heteroatoms. The average molecular weight is 389 g/mol. The Morgan fingerprint density at radius 1 is 0.931 bits per heavy atom. The number of rotatable bonds is 5. The second-order valence-electron chi connectivity index (χ2n) is 7.09. The molecule has 0 bridgehead atoms. The first-order chi connectivity index (χ1) is 13.9. The summed E-state index contributed by atoms with van der Waals surface area (Å²) in [4.78, 5) is 12.7. The number of hydrogen-bond acceptors (Lipinski definition) is 4. The van der Waals surface area contributed by atoms with Gasteiger partial charge in [-0.1, -0.05) is 18.2 Å². The minimum Gasteiger partial charge on any atom is -0.324 e. The molecule has 4 rings (SSSR count). The van der Waals surface area contributed by atoms with E-state index in [1.165, 1.54) is 0 Å². The number of carbonyl (C=O) groups excluding carboxylic acids is 1. The Morgan fingerprint density at radius 3 is 2.14 bits per heavy atom. The van der Waals surface area contributed by atoms with E-state index < -0.39 is 0 Å². The maximum atomic E-state index is 12.7. The Bertz CT molecular complexity index is 1170. The number of carbonyl (C=O) groups is 1. The van der Waals surface area contributed by atoms with Crippen LogP contribution in [0.3, 0.4) is 0 Å². The number of amides is 1. The Hall–Kier alpha value is -3.68. The smallest absolute Gasteiger partial charge is 0.246 e. The molecule has 0 saturated carbocycles. The minimum absolute atomic E-state index is 0.0951. The number of para-hydroxylation sites is 1. The number of aryl methyl sites for hydroxylation is 4. The maximum Gasteiger partial charge on any atom is 0.246 e. The van der Waals surface area contributed by atoms with Crippen molar-refractivity contribution in [1.82, 2.24) is 29.3 Å². The number of benzene rings is 1. The highest BCUT2D eigenvalue weighted by Crippen LogP contribution is 2.29. The van der Waals surface area contributed by atoms with Crippen molar-refractivity contribution in [2.45, 2.75) is 20.4 Å². The van der Waals surface area contributed by atoms with Crippen LogP contribution in [0.25, 0.3) is 22.5 Å². The molecule has 3 aromatic heterocycles. The van der Waals surface area contributed by atoms with Gasteiger partial charge < -0.3 is 5.32 Å². The molecule has 8 nitrogen and oxygen atoms in total. The highest BCUT2D eigenvalue weighted by Gasteiger charge is 2.19. The van der Waals surface area contributed by atoms with Crippen molar-refractivity contribution in [3.8, 4) is 22.5 Å². The third-order valence-electron chi connectivity index (χ3n) is 4.71. The van der Waals surface area contributed by atoms with Gasteiger partial charge in [-0.05, 0) is 32.0 Å². The summed E-state index contributed by atoms with van der Waals surface area (Å²) >= 11 is 0. The van der Waals surface area contributed by atoms with Gasteiger partial charge in [0, 0.05) is 43.3 Å². The second-order valence-corrected chi connectivity index (χ2v) is 7.09. The van der Waals surface area contributed by atoms with Gasteiger partial charge >= 0.3 is 0 Å². The van der Waals surface area contributed by atoms with Gasteiger partial charge in [-0.3, -0.25) is 18.8 Å². The summed E-state index contributed by atoms with van der Waals surface area (Å²) < 4.78 is 5.26. The van der Waals surface area contributed by atoms with Gasteiger partial charge in [0.1, 0.15) is 6.54 Å². The van der Waals surface area contributed by atoms with Crippen molar-refractivity contribution in [2.24, 2.45) is 14.1 Å². The van der Waals surface area contributed by atoms with Gasteiger partial charge in [-0.2, -0.15) is 15.3 Å². The lowest BCUT2D eigenvalue weighted by Gasteiger charge is -2.08. The lowest BCUT2D eigenvalue weighted by molar-refractivity contribution is -0.116. The summed E-state index contributed by atoms with van der Waals surface area (Å²) in [5, 5.41) is 16.5. The molecule has 0 unspecified atom stereocenters. The molecule has 1 amide bonds. The molecule has 0 spiro atoms. The largest absolute Gasteiger partial charge is 0.324 e. The summed E-state index contributed by atoms with van der Waals surface area (Å²) in [6, 6.07) is 11.4. The van der Waals surface area contributed by atoms with Crippen LogP contribution < -0.4 is 5.32 Å². The summed E-state index contributed by atoms with van der Waals surface area (Å²) in [5.74, 6) is -0.142. The molecule has 0 aliphatic rings. The number of nitrogens with zero attached hydrogens (tertiary/aromatic N) is 6. The zero-order chi connectivity index (χ0) is 20.5. The lowest BCUT2D eigenvalue weighted by atomic mass is 10.1. The molecule has 4 aromatic rings. The van der Waals surface area contributed by atoms with Crippen molar-refractivity contribution in [2.75, 3.05) is 5.32 Å². The van der Waals surface area contributed by atoms with Gasteiger partial charge in [-0.25, -0.2) is 0 Å². The van der Waals surface area contributed by atoms with Gasteiger partial charge in [-0.15, -0.1) is 0 Å². The zero-order valence-corrected chi connectivity index (χ0v) is 16.9. The summed E-state index contributed by atoms with van der Waals surface area (Å²) in [6.45, 7) is 4.00. The van der Waals surface area contributed by atoms with Crippen molar-refractivity contribution in [1.29, 1.82) is 0 Å². The van der Waals surface area contributed by atoms with Crippen LogP contribution in [0.15, 0.2) is 48.8 Å². The normalized spacial score (nSPS) is 11.0. The predicted octanol–water partition coefficient (Wildman–Crippen LogP) is 2.94. The van der Waals surface area contributed by atoms with Crippen LogP contribution in [0.2, 0.25) is 0 Å². The van der Waals surface area contributed by atoms with Crippen LogP contribution in [-0.2, 0) is 25.4 Å². The zero-order valence-electron chi connectivity index (χ0n) is 16.9.